The first-order valence-electron chi connectivity index (χ1n) is 22.5. The van der Waals surface area contributed by atoms with Crippen molar-refractivity contribution >= 4 is 55.7 Å². The molecule has 0 aliphatic heterocycles. The van der Waals surface area contributed by atoms with E-state index in [2.05, 4.69) is 232 Å². The van der Waals surface area contributed by atoms with Crippen LogP contribution in [0.25, 0.3) is 43.8 Å². The second-order valence-corrected chi connectivity index (χ2v) is 16.8. The molecule has 0 aliphatic carbocycles. The molecule has 0 aromatic heterocycles. The lowest BCUT2D eigenvalue weighted by atomic mass is 9.85. The summed E-state index contributed by atoms with van der Waals surface area (Å²) in [5, 5.41) is 4.92. The fraction of sp³-hybridized carbons (Fsp3) is 0.167. The zero-order chi connectivity index (χ0) is 42.4. The van der Waals surface area contributed by atoms with Crippen molar-refractivity contribution in [2.75, 3.05) is 9.80 Å². The van der Waals surface area contributed by atoms with Crippen molar-refractivity contribution in [1.82, 2.24) is 0 Å². The number of rotatable bonds is 14. The molecule has 0 spiro atoms. The van der Waals surface area contributed by atoms with Gasteiger partial charge in [-0.15, -0.1) is 0 Å². The predicted molar refractivity (Wildman–Crippen MR) is 268 cm³/mol. The lowest BCUT2D eigenvalue weighted by Gasteiger charge is -2.29. The zero-order valence-electron chi connectivity index (χ0n) is 36.6. The van der Waals surface area contributed by atoms with E-state index in [9.17, 15) is 0 Å². The Morgan fingerprint density at radius 2 is 0.694 bits per heavy atom. The number of hydrogen-bond donors (Lipinski definition) is 0. The van der Waals surface area contributed by atoms with Gasteiger partial charge in [-0.05, 0) is 178 Å². The maximum atomic E-state index is 2.44. The molecule has 0 aliphatic rings. The van der Waals surface area contributed by atoms with Gasteiger partial charge in [-0.1, -0.05) is 148 Å². The summed E-state index contributed by atoms with van der Waals surface area (Å²) in [5.74, 6) is 0. The van der Waals surface area contributed by atoms with Crippen LogP contribution in [0.5, 0.6) is 0 Å². The Bertz CT molecular complexity index is 2730. The van der Waals surface area contributed by atoms with E-state index < -0.39 is 0 Å². The van der Waals surface area contributed by atoms with E-state index in [0.29, 0.717) is 0 Å². The fourth-order valence-corrected chi connectivity index (χ4v) is 9.35. The number of para-hydroxylation sites is 2. The molecule has 9 rings (SSSR count). The van der Waals surface area contributed by atoms with E-state index in [1.54, 1.807) is 0 Å². The summed E-state index contributed by atoms with van der Waals surface area (Å²) in [4.78, 5) is 4.89. The molecule has 0 saturated carbocycles. The third kappa shape index (κ3) is 8.39. The van der Waals surface area contributed by atoms with Gasteiger partial charge in [-0.3, -0.25) is 0 Å². The molecule has 306 valence electrons. The summed E-state index contributed by atoms with van der Waals surface area (Å²) < 4.78 is 0. The van der Waals surface area contributed by atoms with Crippen LogP contribution in [0, 0.1) is 13.8 Å². The van der Waals surface area contributed by atoms with Gasteiger partial charge in [-0.25, -0.2) is 0 Å². The Morgan fingerprint density at radius 1 is 0.323 bits per heavy atom. The highest BCUT2D eigenvalue weighted by Gasteiger charge is 2.22. The van der Waals surface area contributed by atoms with Gasteiger partial charge in [0.1, 0.15) is 0 Å². The number of anilines is 6. The standard InChI is InChI=1S/C60H56N2/c1-5-7-21-45-35-43(3)37-53(39-45)61(49-27-17-11-18-28-49)51-31-33-55-57(41-51)59(47-23-13-9-14-24-47)56-34-32-52(42-58(56)60(55)48-25-15-10-16-26-48)62(50-29-19-12-20-30-50)54-38-44(4)36-46(40-54)22-8-6-2/h9-20,23-42H,5-8,21-22H2,1-4H3. The molecule has 62 heavy (non-hydrogen) atoms. The van der Waals surface area contributed by atoms with Gasteiger partial charge in [-0.2, -0.15) is 0 Å². The van der Waals surface area contributed by atoms with Crippen LogP contribution < -0.4 is 9.80 Å². The highest BCUT2D eigenvalue weighted by atomic mass is 15.1. The minimum atomic E-state index is 1.07. The van der Waals surface area contributed by atoms with Crippen LogP contribution in [0.1, 0.15) is 61.8 Å². The lowest BCUT2D eigenvalue weighted by Crippen LogP contribution is -2.11. The van der Waals surface area contributed by atoms with E-state index in [-0.39, 0.29) is 0 Å². The first kappa shape index (κ1) is 40.5. The van der Waals surface area contributed by atoms with Crippen LogP contribution in [-0.2, 0) is 12.8 Å². The van der Waals surface area contributed by atoms with Crippen molar-refractivity contribution in [2.45, 2.75) is 66.2 Å². The van der Waals surface area contributed by atoms with Crippen molar-refractivity contribution in [1.29, 1.82) is 0 Å². The van der Waals surface area contributed by atoms with Gasteiger partial charge in [0.15, 0.2) is 0 Å². The largest absolute Gasteiger partial charge is 0.310 e. The highest BCUT2D eigenvalue weighted by molar-refractivity contribution is 6.22. The van der Waals surface area contributed by atoms with Crippen molar-refractivity contribution < 1.29 is 0 Å². The molecule has 2 heteroatoms. The molecule has 9 aromatic carbocycles. The fourth-order valence-electron chi connectivity index (χ4n) is 9.35. The second-order valence-electron chi connectivity index (χ2n) is 16.8. The minimum absolute atomic E-state index is 1.07. The van der Waals surface area contributed by atoms with Gasteiger partial charge in [0.05, 0.1) is 0 Å². The Labute approximate surface area is 368 Å². The summed E-state index contributed by atoms with van der Waals surface area (Å²) in [6.07, 6.45) is 6.85. The zero-order valence-corrected chi connectivity index (χ0v) is 36.6. The van der Waals surface area contributed by atoms with Crippen molar-refractivity contribution in [3.8, 4) is 22.3 Å². The molecule has 0 fully saturated rings. The number of benzene rings is 9. The van der Waals surface area contributed by atoms with Crippen LogP contribution in [-0.4, -0.2) is 0 Å². The molecule has 0 radical (unpaired) electrons. The molecular weight excluding hydrogens is 749 g/mol. The van der Waals surface area contributed by atoms with Gasteiger partial charge < -0.3 is 9.80 Å². The number of aryl methyl sites for hydroxylation is 4. The third-order valence-electron chi connectivity index (χ3n) is 12.2. The van der Waals surface area contributed by atoms with Crippen LogP contribution >= 0.6 is 0 Å². The van der Waals surface area contributed by atoms with Crippen LogP contribution in [0.4, 0.5) is 34.1 Å². The molecule has 0 amide bonds. The molecule has 0 heterocycles. The van der Waals surface area contributed by atoms with Crippen LogP contribution in [0.2, 0.25) is 0 Å². The van der Waals surface area contributed by atoms with E-state index in [1.165, 1.54) is 103 Å². The molecule has 0 atom stereocenters. The number of unbranched alkanes of at least 4 members (excludes halogenated alkanes) is 2. The second kappa shape index (κ2) is 18.4. The monoisotopic (exact) mass is 804 g/mol. The van der Waals surface area contributed by atoms with Crippen LogP contribution in [0.15, 0.2) is 194 Å². The minimum Gasteiger partial charge on any atom is -0.310 e. The molecular formula is C60H56N2. The van der Waals surface area contributed by atoms with Gasteiger partial charge in [0.25, 0.3) is 0 Å². The average molecular weight is 805 g/mol. The Hall–Kier alpha value is -6.90. The SMILES string of the molecule is CCCCc1cc(C)cc(N(c2ccccc2)c2ccc3c(-c4ccccc4)c4cc(N(c5ccccc5)c5cc(C)cc(CCCC)c5)ccc4c(-c4ccccc4)c3c2)c1. The summed E-state index contributed by atoms with van der Waals surface area (Å²) in [7, 11) is 0. The predicted octanol–water partition coefficient (Wildman–Crippen LogP) is 17.6. The number of hydrogen-bond acceptors (Lipinski definition) is 2. The Balaban J connectivity index is 1.33. The number of fused-ring (bicyclic) bond motifs is 2. The van der Waals surface area contributed by atoms with Crippen molar-refractivity contribution in [3.05, 3.63) is 216 Å². The van der Waals surface area contributed by atoms with Crippen molar-refractivity contribution in [3.63, 3.8) is 0 Å². The smallest absolute Gasteiger partial charge is 0.0468 e. The van der Waals surface area contributed by atoms with Gasteiger partial charge in [0.2, 0.25) is 0 Å². The highest BCUT2D eigenvalue weighted by Crippen LogP contribution is 2.48. The summed E-state index contributed by atoms with van der Waals surface area (Å²) in [6.45, 7) is 9.00. The maximum absolute atomic E-state index is 2.44. The normalized spacial score (nSPS) is 11.3. The van der Waals surface area contributed by atoms with E-state index in [1.807, 2.05) is 0 Å². The summed E-state index contributed by atoms with van der Waals surface area (Å²) in [6, 6.07) is 72.2. The van der Waals surface area contributed by atoms with E-state index in [4.69, 9.17) is 0 Å². The van der Waals surface area contributed by atoms with E-state index >= 15 is 0 Å². The summed E-state index contributed by atoms with van der Waals surface area (Å²) in [5.41, 5.74) is 17.1. The quantitative estimate of drug-likeness (QED) is 0.101. The maximum Gasteiger partial charge on any atom is 0.0468 e. The first-order chi connectivity index (χ1) is 30.5. The molecule has 2 nitrogen and oxygen atoms in total. The van der Waals surface area contributed by atoms with Crippen LogP contribution in [0.3, 0.4) is 0 Å². The van der Waals surface area contributed by atoms with Gasteiger partial charge >= 0.3 is 0 Å². The molecule has 0 N–H and O–H groups in total. The Morgan fingerprint density at radius 3 is 1.06 bits per heavy atom. The third-order valence-corrected chi connectivity index (χ3v) is 12.2. The first-order valence-corrected chi connectivity index (χ1v) is 22.5. The molecule has 0 saturated heterocycles. The molecule has 0 unspecified atom stereocenters. The average Bonchev–Trinajstić information content (AvgIpc) is 3.30. The topological polar surface area (TPSA) is 6.48 Å². The van der Waals surface area contributed by atoms with Crippen molar-refractivity contribution in [2.24, 2.45) is 0 Å². The summed E-state index contributed by atoms with van der Waals surface area (Å²) >= 11 is 0. The molecule has 0 bridgehead atoms. The van der Waals surface area contributed by atoms with E-state index in [0.717, 1.165) is 35.6 Å². The molecule has 9 aromatic rings. The Kier molecular flexibility index (Phi) is 12.0. The lowest BCUT2D eigenvalue weighted by molar-refractivity contribution is 0.794. The van der Waals surface area contributed by atoms with Gasteiger partial charge in [0, 0.05) is 34.1 Å². The number of nitrogens with zero attached hydrogens (tertiary/aromatic N) is 2.